The summed E-state index contributed by atoms with van der Waals surface area (Å²) >= 11 is 0. The Bertz CT molecular complexity index is 992. The number of anilines is 2. The van der Waals surface area contributed by atoms with Crippen LogP contribution in [0.4, 0.5) is 16.4 Å². The molecule has 3 aromatic carbocycles. The number of imidazole rings is 1. The van der Waals surface area contributed by atoms with Crippen molar-refractivity contribution in [2.24, 2.45) is 0 Å². The van der Waals surface area contributed by atoms with Crippen LogP contribution in [0.5, 0.6) is 0 Å². The van der Waals surface area contributed by atoms with Crippen LogP contribution in [0, 0.1) is 0 Å². The summed E-state index contributed by atoms with van der Waals surface area (Å²) in [5.74, 6) is 0.421. The largest absolute Gasteiger partial charge is 0.326 e. The number of nitrogens with one attached hydrogen (secondary N) is 3. The van der Waals surface area contributed by atoms with Gasteiger partial charge in [-0.2, -0.15) is 0 Å². The Morgan fingerprint density at radius 1 is 0.870 bits per heavy atom. The lowest BCUT2D eigenvalue weighted by Gasteiger charge is -2.04. The molecular formula is C18H14N4O. The van der Waals surface area contributed by atoms with E-state index in [1.807, 2.05) is 66.7 Å². The molecule has 1 heterocycles. The zero-order valence-corrected chi connectivity index (χ0v) is 12.2. The van der Waals surface area contributed by atoms with Crippen LogP contribution < -0.4 is 10.6 Å². The van der Waals surface area contributed by atoms with Gasteiger partial charge in [0.25, 0.3) is 0 Å². The van der Waals surface area contributed by atoms with E-state index in [0.717, 1.165) is 27.5 Å². The molecule has 1 aromatic heterocycles. The fraction of sp³-hybridized carbons (Fsp3) is 0. The van der Waals surface area contributed by atoms with Gasteiger partial charge in [0.1, 0.15) is 0 Å². The summed E-state index contributed by atoms with van der Waals surface area (Å²) in [5, 5.41) is 7.66. The molecule has 0 aliphatic heterocycles. The summed E-state index contributed by atoms with van der Waals surface area (Å²) in [5.41, 5.74) is 2.46. The van der Waals surface area contributed by atoms with E-state index in [4.69, 9.17) is 0 Å². The van der Waals surface area contributed by atoms with Crippen molar-refractivity contribution < 1.29 is 4.79 Å². The fourth-order valence-corrected chi connectivity index (χ4v) is 2.59. The summed E-state index contributed by atoms with van der Waals surface area (Å²) in [4.78, 5) is 19.7. The second-order valence-electron chi connectivity index (χ2n) is 5.21. The first kappa shape index (κ1) is 13.3. The zero-order chi connectivity index (χ0) is 15.6. The number of urea groups is 1. The normalized spacial score (nSPS) is 10.8. The van der Waals surface area contributed by atoms with E-state index in [0.29, 0.717) is 5.95 Å². The van der Waals surface area contributed by atoms with Crippen molar-refractivity contribution >= 4 is 39.5 Å². The third-order valence-corrected chi connectivity index (χ3v) is 3.64. The third-order valence-electron chi connectivity index (χ3n) is 3.64. The van der Waals surface area contributed by atoms with Gasteiger partial charge in [-0.3, -0.25) is 5.32 Å². The zero-order valence-electron chi connectivity index (χ0n) is 12.2. The Morgan fingerprint density at radius 2 is 1.65 bits per heavy atom. The van der Waals surface area contributed by atoms with Gasteiger partial charge < -0.3 is 10.3 Å². The first-order chi connectivity index (χ1) is 11.3. The van der Waals surface area contributed by atoms with Crippen molar-refractivity contribution in [2.75, 3.05) is 10.6 Å². The summed E-state index contributed by atoms with van der Waals surface area (Å²) in [7, 11) is 0. The smallest absolute Gasteiger partial charge is 0.324 e. The quantitative estimate of drug-likeness (QED) is 0.515. The predicted molar refractivity (Wildman–Crippen MR) is 92.7 cm³/mol. The lowest BCUT2D eigenvalue weighted by molar-refractivity contribution is 0.262. The number of nitrogens with zero attached hydrogens (tertiary/aromatic N) is 1. The van der Waals surface area contributed by atoms with Gasteiger partial charge in [-0.05, 0) is 23.6 Å². The molecule has 112 valence electrons. The maximum absolute atomic E-state index is 12.0. The molecule has 0 saturated heterocycles. The number of aromatic amines is 1. The van der Waals surface area contributed by atoms with Crippen LogP contribution in [0.2, 0.25) is 0 Å². The number of carbonyl (C=O) groups excluding carboxylic acids is 1. The van der Waals surface area contributed by atoms with Gasteiger partial charge >= 0.3 is 6.03 Å². The predicted octanol–water partition coefficient (Wildman–Crippen LogP) is 4.36. The van der Waals surface area contributed by atoms with Gasteiger partial charge in [0.05, 0.1) is 11.0 Å². The molecule has 0 bridgehead atoms. The number of benzene rings is 3. The molecule has 4 aromatic rings. The molecule has 0 aliphatic rings. The van der Waals surface area contributed by atoms with E-state index >= 15 is 0 Å². The number of amides is 2. The van der Waals surface area contributed by atoms with Crippen LogP contribution in [0.25, 0.3) is 21.8 Å². The van der Waals surface area contributed by atoms with Crippen molar-refractivity contribution in [3.63, 3.8) is 0 Å². The first-order valence-corrected chi connectivity index (χ1v) is 7.30. The Hall–Kier alpha value is -3.34. The van der Waals surface area contributed by atoms with Crippen molar-refractivity contribution in [3.05, 3.63) is 66.7 Å². The highest BCUT2D eigenvalue weighted by Gasteiger charge is 2.09. The molecule has 5 nitrogen and oxygen atoms in total. The summed E-state index contributed by atoms with van der Waals surface area (Å²) in [6.45, 7) is 0. The molecule has 23 heavy (non-hydrogen) atoms. The van der Waals surface area contributed by atoms with Gasteiger partial charge in [-0.15, -0.1) is 0 Å². The summed E-state index contributed by atoms with van der Waals surface area (Å²) in [6.07, 6.45) is 0. The molecule has 0 spiro atoms. The van der Waals surface area contributed by atoms with Gasteiger partial charge in [0, 0.05) is 11.1 Å². The first-order valence-electron chi connectivity index (χ1n) is 7.30. The van der Waals surface area contributed by atoms with Crippen LogP contribution >= 0.6 is 0 Å². The molecule has 3 N–H and O–H groups in total. The van der Waals surface area contributed by atoms with Crippen molar-refractivity contribution in [1.29, 1.82) is 0 Å². The van der Waals surface area contributed by atoms with Gasteiger partial charge in [-0.1, -0.05) is 48.5 Å². The van der Waals surface area contributed by atoms with Crippen LogP contribution in [-0.4, -0.2) is 16.0 Å². The van der Waals surface area contributed by atoms with E-state index in [9.17, 15) is 4.79 Å². The number of fused-ring (bicyclic) bond motifs is 3. The molecule has 0 radical (unpaired) electrons. The Labute approximate surface area is 132 Å². The number of aromatic nitrogens is 2. The van der Waals surface area contributed by atoms with Crippen molar-refractivity contribution in [2.45, 2.75) is 0 Å². The molecule has 0 unspecified atom stereocenters. The van der Waals surface area contributed by atoms with E-state index in [1.165, 1.54) is 0 Å². The Kier molecular flexibility index (Phi) is 3.16. The average Bonchev–Trinajstić information content (AvgIpc) is 2.98. The number of rotatable bonds is 2. The minimum Gasteiger partial charge on any atom is -0.324 e. The lowest BCUT2D eigenvalue weighted by atomic mass is 10.1. The highest BCUT2D eigenvalue weighted by atomic mass is 16.2. The SMILES string of the molecule is O=C(Nc1ccccc1)Nc1nc2c(ccc3ccccc32)[nH]1. The molecule has 0 saturated carbocycles. The van der Waals surface area contributed by atoms with E-state index in [1.54, 1.807) is 0 Å². The standard InChI is InChI=1S/C18H14N4O/c23-18(19-13-7-2-1-3-8-13)22-17-20-15-11-10-12-6-4-5-9-14(12)16(15)21-17/h1-11H,(H3,19,20,21,22,23). The van der Waals surface area contributed by atoms with Gasteiger partial charge in [-0.25, -0.2) is 9.78 Å². The number of H-pyrrole nitrogens is 1. The van der Waals surface area contributed by atoms with Crippen LogP contribution in [-0.2, 0) is 0 Å². The number of hydrogen-bond donors (Lipinski definition) is 3. The van der Waals surface area contributed by atoms with Crippen LogP contribution in [0.3, 0.4) is 0 Å². The molecule has 0 fully saturated rings. The average molecular weight is 302 g/mol. The van der Waals surface area contributed by atoms with Gasteiger partial charge in [0.15, 0.2) is 0 Å². The minimum atomic E-state index is -0.334. The molecule has 4 rings (SSSR count). The number of carbonyl (C=O) groups is 1. The topological polar surface area (TPSA) is 69.8 Å². The van der Waals surface area contributed by atoms with Crippen LogP contribution in [0.15, 0.2) is 66.7 Å². The maximum atomic E-state index is 12.0. The third kappa shape index (κ3) is 2.60. The number of hydrogen-bond acceptors (Lipinski definition) is 2. The number of para-hydroxylation sites is 1. The molecule has 0 aliphatic carbocycles. The van der Waals surface area contributed by atoms with Gasteiger partial charge in [0.2, 0.25) is 5.95 Å². The van der Waals surface area contributed by atoms with Crippen molar-refractivity contribution in [3.8, 4) is 0 Å². The molecular weight excluding hydrogens is 288 g/mol. The second-order valence-corrected chi connectivity index (χ2v) is 5.21. The maximum Gasteiger partial charge on any atom is 0.326 e. The summed E-state index contributed by atoms with van der Waals surface area (Å²) < 4.78 is 0. The van der Waals surface area contributed by atoms with Crippen LogP contribution in [0.1, 0.15) is 0 Å². The molecule has 2 amide bonds. The van der Waals surface area contributed by atoms with E-state index < -0.39 is 0 Å². The van der Waals surface area contributed by atoms with E-state index in [2.05, 4.69) is 20.6 Å². The lowest BCUT2D eigenvalue weighted by Crippen LogP contribution is -2.20. The Morgan fingerprint density at radius 3 is 2.52 bits per heavy atom. The summed E-state index contributed by atoms with van der Waals surface area (Å²) in [6, 6.07) is 21.0. The second kappa shape index (κ2) is 5.46. The Balaban J connectivity index is 1.62. The van der Waals surface area contributed by atoms with E-state index in [-0.39, 0.29) is 6.03 Å². The molecule has 5 heteroatoms. The monoisotopic (exact) mass is 302 g/mol. The fourth-order valence-electron chi connectivity index (χ4n) is 2.59. The molecule has 0 atom stereocenters. The highest BCUT2D eigenvalue weighted by Crippen LogP contribution is 2.24. The van der Waals surface area contributed by atoms with Crippen molar-refractivity contribution in [1.82, 2.24) is 9.97 Å². The minimum absolute atomic E-state index is 0.334. The highest BCUT2D eigenvalue weighted by molar-refractivity contribution is 6.06.